The van der Waals surface area contributed by atoms with Crippen molar-refractivity contribution in [3.63, 3.8) is 0 Å². The predicted octanol–water partition coefficient (Wildman–Crippen LogP) is 1.10. The molecule has 0 spiro atoms. The molecular weight excluding hydrogens is 272 g/mol. The highest BCUT2D eigenvalue weighted by Crippen LogP contribution is 2.32. The topological polar surface area (TPSA) is 77.9 Å². The van der Waals surface area contributed by atoms with Crippen LogP contribution < -0.4 is 0 Å². The third-order valence-corrected chi connectivity index (χ3v) is 4.62. The van der Waals surface area contributed by atoms with E-state index in [2.05, 4.69) is 0 Å². The maximum absolute atomic E-state index is 12.6. The van der Waals surface area contributed by atoms with Gasteiger partial charge in [0.05, 0.1) is 5.41 Å². The fourth-order valence-corrected chi connectivity index (χ4v) is 3.21. The molecule has 0 bridgehead atoms. The number of carbonyl (C=O) groups excluding carboxylic acids is 2. The summed E-state index contributed by atoms with van der Waals surface area (Å²) < 4.78 is 0. The highest BCUT2D eigenvalue weighted by Gasteiger charge is 2.45. The third kappa shape index (κ3) is 3.04. The maximum Gasteiger partial charge on any atom is 0.311 e. The molecule has 2 saturated heterocycles. The van der Waals surface area contributed by atoms with Gasteiger partial charge in [-0.3, -0.25) is 14.4 Å². The summed E-state index contributed by atoms with van der Waals surface area (Å²) in [7, 11) is 0. The Kier molecular flexibility index (Phi) is 4.54. The summed E-state index contributed by atoms with van der Waals surface area (Å²) in [6.07, 6.45) is 3.25. The summed E-state index contributed by atoms with van der Waals surface area (Å²) in [6, 6.07) is -0.389. The van der Waals surface area contributed by atoms with Crippen LogP contribution in [0.5, 0.6) is 0 Å². The molecule has 2 unspecified atom stereocenters. The fraction of sp³-hybridized carbons (Fsp3) is 0.800. The molecular formula is C15H24N2O4. The molecule has 118 valence electrons. The van der Waals surface area contributed by atoms with E-state index in [0.717, 1.165) is 12.8 Å². The molecule has 2 rings (SSSR count). The van der Waals surface area contributed by atoms with Gasteiger partial charge in [-0.05, 0) is 32.6 Å². The highest BCUT2D eigenvalue weighted by atomic mass is 16.4. The van der Waals surface area contributed by atoms with Crippen LogP contribution in [0.3, 0.4) is 0 Å². The molecule has 0 aromatic carbocycles. The van der Waals surface area contributed by atoms with E-state index in [-0.39, 0.29) is 24.4 Å². The maximum atomic E-state index is 12.6. The molecule has 2 atom stereocenters. The first-order valence-electron chi connectivity index (χ1n) is 7.70. The van der Waals surface area contributed by atoms with Gasteiger partial charge in [0.2, 0.25) is 11.8 Å². The van der Waals surface area contributed by atoms with Gasteiger partial charge in [0, 0.05) is 26.1 Å². The highest BCUT2D eigenvalue weighted by molar-refractivity contribution is 5.89. The van der Waals surface area contributed by atoms with Crippen molar-refractivity contribution in [1.82, 2.24) is 9.80 Å². The first-order chi connectivity index (χ1) is 9.89. The first-order valence-corrected chi connectivity index (χ1v) is 7.70. The Balaban J connectivity index is 2.03. The molecule has 2 heterocycles. The predicted molar refractivity (Wildman–Crippen MR) is 76.6 cm³/mol. The largest absolute Gasteiger partial charge is 0.481 e. The second-order valence-corrected chi connectivity index (χ2v) is 6.37. The first kappa shape index (κ1) is 15.8. The minimum Gasteiger partial charge on any atom is -0.481 e. The van der Waals surface area contributed by atoms with Crippen LogP contribution in [-0.4, -0.2) is 58.4 Å². The molecule has 2 fully saturated rings. The van der Waals surface area contributed by atoms with E-state index in [1.165, 1.54) is 0 Å². The monoisotopic (exact) mass is 296 g/mol. The van der Waals surface area contributed by atoms with Crippen molar-refractivity contribution >= 4 is 17.8 Å². The molecule has 6 heteroatoms. The number of amides is 2. The van der Waals surface area contributed by atoms with Crippen molar-refractivity contribution < 1.29 is 19.5 Å². The minimum absolute atomic E-state index is 0.0357. The fourth-order valence-electron chi connectivity index (χ4n) is 3.21. The summed E-state index contributed by atoms with van der Waals surface area (Å²) in [5.41, 5.74) is -0.855. The Labute approximate surface area is 125 Å². The van der Waals surface area contributed by atoms with E-state index in [1.54, 1.807) is 16.7 Å². The number of hydrogen-bond acceptors (Lipinski definition) is 3. The molecule has 6 nitrogen and oxygen atoms in total. The van der Waals surface area contributed by atoms with Crippen LogP contribution in [0, 0.1) is 5.41 Å². The van der Waals surface area contributed by atoms with Gasteiger partial charge in [-0.15, -0.1) is 0 Å². The number of rotatable bonds is 4. The van der Waals surface area contributed by atoms with Crippen molar-refractivity contribution in [2.45, 2.75) is 52.0 Å². The summed E-state index contributed by atoms with van der Waals surface area (Å²) in [4.78, 5) is 39.3. The van der Waals surface area contributed by atoms with Gasteiger partial charge in [-0.25, -0.2) is 0 Å². The van der Waals surface area contributed by atoms with Crippen LogP contribution in [0.25, 0.3) is 0 Å². The van der Waals surface area contributed by atoms with E-state index in [9.17, 15) is 19.5 Å². The van der Waals surface area contributed by atoms with Crippen molar-refractivity contribution in [3.8, 4) is 0 Å². The summed E-state index contributed by atoms with van der Waals surface area (Å²) in [5.74, 6) is -0.904. The van der Waals surface area contributed by atoms with Gasteiger partial charge in [-0.1, -0.05) is 6.92 Å². The Morgan fingerprint density at radius 1 is 1.29 bits per heavy atom. The van der Waals surface area contributed by atoms with Crippen LogP contribution in [0.4, 0.5) is 0 Å². The van der Waals surface area contributed by atoms with Crippen molar-refractivity contribution in [2.24, 2.45) is 5.41 Å². The van der Waals surface area contributed by atoms with Crippen LogP contribution >= 0.6 is 0 Å². The Morgan fingerprint density at radius 3 is 2.57 bits per heavy atom. The van der Waals surface area contributed by atoms with Crippen molar-refractivity contribution in [1.29, 1.82) is 0 Å². The van der Waals surface area contributed by atoms with E-state index < -0.39 is 11.4 Å². The van der Waals surface area contributed by atoms with E-state index in [0.29, 0.717) is 32.4 Å². The number of aliphatic carboxylic acids is 1. The minimum atomic E-state index is -0.858. The van der Waals surface area contributed by atoms with E-state index in [1.807, 2.05) is 6.92 Å². The molecule has 2 aliphatic rings. The molecule has 0 aromatic heterocycles. The molecule has 2 aliphatic heterocycles. The SMILES string of the molecule is CCCC(=O)N1CCCC1C(=O)N1CCC(C)(C(=O)O)C1. The number of carboxylic acid groups (broad SMARTS) is 1. The zero-order valence-corrected chi connectivity index (χ0v) is 12.8. The number of nitrogens with zero attached hydrogens (tertiary/aromatic N) is 2. The Bertz CT molecular complexity index is 451. The van der Waals surface area contributed by atoms with Gasteiger partial charge in [-0.2, -0.15) is 0 Å². The lowest BCUT2D eigenvalue weighted by atomic mass is 9.90. The van der Waals surface area contributed by atoms with Gasteiger partial charge in [0.1, 0.15) is 6.04 Å². The van der Waals surface area contributed by atoms with Crippen molar-refractivity contribution in [3.05, 3.63) is 0 Å². The van der Waals surface area contributed by atoms with Gasteiger partial charge in [0.25, 0.3) is 0 Å². The van der Waals surface area contributed by atoms with Crippen LogP contribution in [-0.2, 0) is 14.4 Å². The van der Waals surface area contributed by atoms with Gasteiger partial charge >= 0.3 is 5.97 Å². The Morgan fingerprint density at radius 2 is 2.00 bits per heavy atom. The number of carbonyl (C=O) groups is 3. The summed E-state index contributed by atoms with van der Waals surface area (Å²) in [5, 5.41) is 9.25. The summed E-state index contributed by atoms with van der Waals surface area (Å²) >= 11 is 0. The van der Waals surface area contributed by atoms with Crippen LogP contribution in [0.15, 0.2) is 0 Å². The molecule has 0 saturated carbocycles. The second kappa shape index (κ2) is 6.03. The molecule has 0 aromatic rings. The molecule has 0 radical (unpaired) electrons. The third-order valence-electron chi connectivity index (χ3n) is 4.62. The van der Waals surface area contributed by atoms with Crippen molar-refractivity contribution in [2.75, 3.05) is 19.6 Å². The second-order valence-electron chi connectivity index (χ2n) is 6.37. The molecule has 1 N–H and O–H groups in total. The molecule has 21 heavy (non-hydrogen) atoms. The van der Waals surface area contributed by atoms with Crippen LogP contribution in [0.2, 0.25) is 0 Å². The zero-order chi connectivity index (χ0) is 15.6. The number of carboxylic acids is 1. The van der Waals surface area contributed by atoms with E-state index in [4.69, 9.17) is 0 Å². The van der Waals surface area contributed by atoms with Gasteiger partial charge in [0.15, 0.2) is 0 Å². The lowest BCUT2D eigenvalue weighted by molar-refractivity contribution is -0.148. The summed E-state index contributed by atoms with van der Waals surface area (Å²) in [6.45, 7) is 4.97. The quantitative estimate of drug-likeness (QED) is 0.842. The normalized spacial score (nSPS) is 29.0. The lowest BCUT2D eigenvalue weighted by Crippen LogP contribution is -2.47. The standard InChI is InChI=1S/C15H24N2O4/c1-3-5-12(18)17-8-4-6-11(17)13(19)16-9-7-15(2,10-16)14(20)21/h11H,3-10H2,1-2H3,(H,20,21). The molecule has 0 aliphatic carbocycles. The zero-order valence-electron chi connectivity index (χ0n) is 12.8. The lowest BCUT2D eigenvalue weighted by Gasteiger charge is -2.28. The average molecular weight is 296 g/mol. The molecule has 2 amide bonds. The number of hydrogen-bond donors (Lipinski definition) is 1. The smallest absolute Gasteiger partial charge is 0.311 e. The average Bonchev–Trinajstić information content (AvgIpc) is 3.05. The van der Waals surface area contributed by atoms with E-state index >= 15 is 0 Å². The van der Waals surface area contributed by atoms with Crippen LogP contribution in [0.1, 0.15) is 46.0 Å². The Hall–Kier alpha value is -1.59. The van der Waals surface area contributed by atoms with Gasteiger partial charge < -0.3 is 14.9 Å². The number of likely N-dealkylation sites (tertiary alicyclic amines) is 2.